The van der Waals surface area contributed by atoms with E-state index in [0.29, 0.717) is 10.0 Å². The normalized spacial score (nSPS) is 13.9. The largest absolute Gasteiger partial charge is 0.270 e. The maximum absolute atomic E-state index is 12.4. The number of aryl methyl sites for hydroxylation is 1. The Hall–Kier alpha value is -2.23. The monoisotopic (exact) mass is 451 g/mol. The number of hydrazine groups is 1. The van der Waals surface area contributed by atoms with Crippen LogP contribution < -0.4 is 15.6 Å². The van der Waals surface area contributed by atoms with E-state index in [1.165, 1.54) is 18.2 Å². The van der Waals surface area contributed by atoms with Gasteiger partial charge in [0.15, 0.2) is 0 Å². The smallest absolute Gasteiger partial charge is 0.267 e. The Labute approximate surface area is 165 Å². The van der Waals surface area contributed by atoms with E-state index in [-0.39, 0.29) is 16.5 Å². The van der Waals surface area contributed by atoms with Crippen molar-refractivity contribution < 1.29 is 18.0 Å². The Balaban J connectivity index is 1.73. The lowest BCUT2D eigenvalue weighted by Crippen LogP contribution is -2.42. The van der Waals surface area contributed by atoms with Crippen LogP contribution in [-0.4, -0.2) is 26.3 Å². The molecule has 2 aromatic rings. The number of rotatable bonds is 5. The minimum Gasteiger partial charge on any atom is -0.267 e. The van der Waals surface area contributed by atoms with Gasteiger partial charge in [-0.25, -0.2) is 13.1 Å². The molecule has 0 spiro atoms. The van der Waals surface area contributed by atoms with E-state index < -0.39 is 21.8 Å². The maximum Gasteiger partial charge on any atom is 0.270 e. The van der Waals surface area contributed by atoms with Crippen molar-refractivity contribution in [1.82, 2.24) is 15.6 Å². The fraction of sp³-hybridized carbons (Fsp3) is 0.222. The van der Waals surface area contributed by atoms with E-state index in [1.54, 1.807) is 25.1 Å². The van der Waals surface area contributed by atoms with E-state index >= 15 is 0 Å². The summed E-state index contributed by atoms with van der Waals surface area (Å²) in [5.41, 5.74) is 5.95. The van der Waals surface area contributed by atoms with Gasteiger partial charge in [0.1, 0.15) is 0 Å². The minimum atomic E-state index is -3.69. The van der Waals surface area contributed by atoms with Crippen LogP contribution in [0.5, 0.6) is 0 Å². The zero-order chi connectivity index (χ0) is 19.6. The highest BCUT2D eigenvalue weighted by atomic mass is 79.9. The standard InChI is InChI=1S/C18H18BrN3O4S/c1-11-4-2-3-5-14(11)17(23)20-21-18(24)15-10-13(8-9-16(15)19)27(25,26)22-12-6-7-12/h2-5,8-10,12,22H,6-7H2,1H3,(H,20,23)(H,21,24). The SMILES string of the molecule is Cc1ccccc1C(=O)NNC(=O)c1cc(S(=O)(=O)NC2CC2)ccc1Br. The molecule has 27 heavy (non-hydrogen) atoms. The molecular weight excluding hydrogens is 434 g/mol. The molecule has 0 saturated heterocycles. The molecule has 9 heteroatoms. The number of hydrogen-bond donors (Lipinski definition) is 3. The lowest BCUT2D eigenvalue weighted by Gasteiger charge is -2.11. The summed E-state index contributed by atoms with van der Waals surface area (Å²) in [6.45, 7) is 1.79. The first-order chi connectivity index (χ1) is 12.8. The molecule has 0 radical (unpaired) electrons. The van der Waals surface area contributed by atoms with E-state index in [0.717, 1.165) is 18.4 Å². The number of amides is 2. The average molecular weight is 452 g/mol. The number of benzene rings is 2. The fourth-order valence-corrected chi connectivity index (χ4v) is 4.17. The molecule has 1 saturated carbocycles. The molecule has 3 rings (SSSR count). The Bertz CT molecular complexity index is 1000. The quantitative estimate of drug-likeness (QED) is 0.606. The van der Waals surface area contributed by atoms with Crippen molar-refractivity contribution in [2.45, 2.75) is 30.7 Å². The first-order valence-electron chi connectivity index (χ1n) is 8.26. The number of nitrogens with one attached hydrogen (secondary N) is 3. The second-order valence-corrected chi connectivity index (χ2v) is 8.83. The molecule has 0 unspecified atom stereocenters. The van der Waals surface area contributed by atoms with Crippen molar-refractivity contribution in [3.63, 3.8) is 0 Å². The first-order valence-corrected chi connectivity index (χ1v) is 10.5. The van der Waals surface area contributed by atoms with Crippen molar-refractivity contribution in [1.29, 1.82) is 0 Å². The summed E-state index contributed by atoms with van der Waals surface area (Å²) in [5, 5.41) is 0. The van der Waals surface area contributed by atoms with Crippen LogP contribution >= 0.6 is 15.9 Å². The first kappa shape index (κ1) is 19.5. The van der Waals surface area contributed by atoms with Crippen LogP contribution in [0.1, 0.15) is 39.1 Å². The highest BCUT2D eigenvalue weighted by molar-refractivity contribution is 9.10. The Morgan fingerprint density at radius 1 is 1.00 bits per heavy atom. The van der Waals surface area contributed by atoms with Gasteiger partial charge in [0, 0.05) is 16.1 Å². The van der Waals surface area contributed by atoms with Gasteiger partial charge in [-0.3, -0.25) is 20.4 Å². The molecule has 1 aliphatic carbocycles. The van der Waals surface area contributed by atoms with Gasteiger partial charge in [-0.2, -0.15) is 0 Å². The predicted molar refractivity (Wildman–Crippen MR) is 104 cm³/mol. The van der Waals surface area contributed by atoms with Gasteiger partial charge in [0.25, 0.3) is 11.8 Å². The fourth-order valence-electron chi connectivity index (χ4n) is 2.41. The maximum atomic E-state index is 12.4. The van der Waals surface area contributed by atoms with Crippen molar-refractivity contribution in [2.24, 2.45) is 0 Å². The molecule has 2 aromatic carbocycles. The van der Waals surface area contributed by atoms with Crippen LogP contribution in [0.4, 0.5) is 0 Å². The number of hydrogen-bond acceptors (Lipinski definition) is 4. The molecule has 1 fully saturated rings. The zero-order valence-corrected chi connectivity index (χ0v) is 16.9. The van der Waals surface area contributed by atoms with Crippen molar-refractivity contribution in [3.8, 4) is 0 Å². The summed E-state index contributed by atoms with van der Waals surface area (Å²) >= 11 is 3.24. The lowest BCUT2D eigenvalue weighted by atomic mass is 10.1. The van der Waals surface area contributed by atoms with E-state index in [9.17, 15) is 18.0 Å². The summed E-state index contributed by atoms with van der Waals surface area (Å²) in [7, 11) is -3.69. The molecule has 0 atom stereocenters. The summed E-state index contributed by atoms with van der Waals surface area (Å²) < 4.78 is 27.6. The molecule has 1 aliphatic rings. The van der Waals surface area contributed by atoms with E-state index in [2.05, 4.69) is 31.5 Å². The predicted octanol–water partition coefficient (Wildman–Crippen LogP) is 2.27. The van der Waals surface area contributed by atoms with Gasteiger partial charge < -0.3 is 0 Å². The third-order valence-electron chi connectivity index (χ3n) is 4.07. The zero-order valence-electron chi connectivity index (χ0n) is 14.5. The molecule has 0 bridgehead atoms. The summed E-state index contributed by atoms with van der Waals surface area (Å²) in [6, 6.07) is 11.1. The third-order valence-corrected chi connectivity index (χ3v) is 6.28. The van der Waals surface area contributed by atoms with Crippen LogP contribution in [-0.2, 0) is 10.0 Å². The number of halogens is 1. The van der Waals surface area contributed by atoms with Gasteiger partial charge in [-0.05, 0) is 65.5 Å². The van der Waals surface area contributed by atoms with E-state index in [1.807, 2.05) is 6.07 Å². The van der Waals surface area contributed by atoms with Crippen molar-refractivity contribution in [2.75, 3.05) is 0 Å². The lowest BCUT2D eigenvalue weighted by molar-refractivity contribution is 0.0845. The van der Waals surface area contributed by atoms with Crippen LogP contribution in [0.15, 0.2) is 51.8 Å². The summed E-state index contributed by atoms with van der Waals surface area (Å²) in [6.07, 6.45) is 1.63. The van der Waals surface area contributed by atoms with Crippen LogP contribution in [0.3, 0.4) is 0 Å². The molecule has 0 aliphatic heterocycles. The van der Waals surface area contributed by atoms with Crippen molar-refractivity contribution >= 4 is 37.8 Å². The van der Waals surface area contributed by atoms with Crippen LogP contribution in [0, 0.1) is 6.92 Å². The molecule has 3 N–H and O–H groups in total. The Kier molecular flexibility index (Phi) is 5.64. The Morgan fingerprint density at radius 2 is 1.63 bits per heavy atom. The van der Waals surface area contributed by atoms with Crippen molar-refractivity contribution in [3.05, 3.63) is 63.6 Å². The summed E-state index contributed by atoms with van der Waals surface area (Å²) in [5.74, 6) is -1.09. The minimum absolute atomic E-state index is 0.00650. The number of carbonyl (C=O) groups is 2. The third kappa shape index (κ3) is 4.74. The summed E-state index contributed by atoms with van der Waals surface area (Å²) in [4.78, 5) is 24.6. The molecule has 7 nitrogen and oxygen atoms in total. The second-order valence-electron chi connectivity index (χ2n) is 6.26. The number of sulfonamides is 1. The van der Waals surface area contributed by atoms with Gasteiger partial charge in [0.05, 0.1) is 10.5 Å². The van der Waals surface area contributed by atoms with Crippen LogP contribution in [0.25, 0.3) is 0 Å². The van der Waals surface area contributed by atoms with E-state index in [4.69, 9.17) is 0 Å². The molecular formula is C18H18BrN3O4S. The average Bonchev–Trinajstić information content (AvgIpc) is 3.43. The highest BCUT2D eigenvalue weighted by Gasteiger charge is 2.28. The van der Waals surface area contributed by atoms with Crippen LogP contribution in [0.2, 0.25) is 0 Å². The van der Waals surface area contributed by atoms with Gasteiger partial charge in [-0.1, -0.05) is 18.2 Å². The topological polar surface area (TPSA) is 104 Å². The second kappa shape index (κ2) is 7.79. The van der Waals surface area contributed by atoms with Gasteiger partial charge in [-0.15, -0.1) is 0 Å². The van der Waals surface area contributed by atoms with Gasteiger partial charge >= 0.3 is 0 Å². The van der Waals surface area contributed by atoms with Gasteiger partial charge in [0.2, 0.25) is 10.0 Å². The number of carbonyl (C=O) groups excluding carboxylic acids is 2. The molecule has 142 valence electrons. The Morgan fingerprint density at radius 3 is 2.26 bits per heavy atom. The highest BCUT2D eigenvalue weighted by Crippen LogP contribution is 2.25. The molecule has 2 amide bonds. The molecule has 0 heterocycles. The molecule has 0 aromatic heterocycles.